The zero-order valence-corrected chi connectivity index (χ0v) is 7.93. The van der Waals surface area contributed by atoms with Gasteiger partial charge in [0.1, 0.15) is 0 Å². The monoisotopic (exact) mass is 156 g/mol. The van der Waals surface area contributed by atoms with Gasteiger partial charge >= 0.3 is 0 Å². The Morgan fingerprint density at radius 1 is 1.45 bits per heavy atom. The van der Waals surface area contributed by atoms with Crippen LogP contribution in [-0.2, 0) is 0 Å². The van der Waals surface area contributed by atoms with Crippen LogP contribution in [0.5, 0.6) is 0 Å². The van der Waals surface area contributed by atoms with Gasteiger partial charge in [-0.25, -0.2) is 0 Å². The molecule has 0 radical (unpaired) electrons. The molecule has 3 atom stereocenters. The van der Waals surface area contributed by atoms with Crippen LogP contribution in [0.15, 0.2) is 0 Å². The van der Waals surface area contributed by atoms with Crippen LogP contribution in [0.1, 0.15) is 40.0 Å². The lowest BCUT2D eigenvalue weighted by molar-refractivity contribution is 0.0323. The number of aliphatic hydroxyl groups excluding tert-OH is 1. The molecule has 1 aliphatic carbocycles. The maximum Gasteiger partial charge on any atom is 0.0487 e. The van der Waals surface area contributed by atoms with Gasteiger partial charge in [-0.05, 0) is 30.1 Å². The van der Waals surface area contributed by atoms with E-state index in [1.54, 1.807) is 0 Å². The first-order valence-electron chi connectivity index (χ1n) is 4.69. The lowest BCUT2D eigenvalue weighted by atomic mass is 9.66. The molecule has 0 saturated heterocycles. The van der Waals surface area contributed by atoms with Gasteiger partial charge in [0.05, 0.1) is 0 Å². The van der Waals surface area contributed by atoms with Crippen LogP contribution in [0, 0.1) is 17.3 Å². The summed E-state index contributed by atoms with van der Waals surface area (Å²) in [6, 6.07) is 0. The second-order valence-electron chi connectivity index (χ2n) is 4.59. The molecule has 0 amide bonds. The van der Waals surface area contributed by atoms with E-state index in [9.17, 15) is 5.11 Å². The summed E-state index contributed by atoms with van der Waals surface area (Å²) in [6.45, 7) is 7.16. The van der Waals surface area contributed by atoms with E-state index in [-0.39, 0.29) is 5.41 Å². The predicted molar refractivity (Wildman–Crippen MR) is 47.4 cm³/mol. The molecule has 1 nitrogen and oxygen atoms in total. The topological polar surface area (TPSA) is 20.2 Å². The van der Waals surface area contributed by atoms with Gasteiger partial charge in [0.2, 0.25) is 0 Å². The summed E-state index contributed by atoms with van der Waals surface area (Å²) < 4.78 is 0. The van der Waals surface area contributed by atoms with Crippen molar-refractivity contribution in [1.29, 1.82) is 0 Å². The maximum atomic E-state index is 9.21. The van der Waals surface area contributed by atoms with E-state index in [4.69, 9.17) is 0 Å². The van der Waals surface area contributed by atoms with Crippen molar-refractivity contribution in [3.63, 3.8) is 0 Å². The summed E-state index contributed by atoms with van der Waals surface area (Å²) in [7, 11) is 0. The van der Waals surface area contributed by atoms with Crippen LogP contribution in [-0.4, -0.2) is 11.7 Å². The first kappa shape index (κ1) is 9.05. The van der Waals surface area contributed by atoms with E-state index < -0.39 is 0 Å². The van der Waals surface area contributed by atoms with Crippen molar-refractivity contribution >= 4 is 0 Å². The summed E-state index contributed by atoms with van der Waals surface area (Å²) in [6.07, 6.45) is 3.78. The Morgan fingerprint density at radius 3 is 2.55 bits per heavy atom. The lowest BCUT2D eigenvalue weighted by Gasteiger charge is -2.40. The Labute approximate surface area is 69.8 Å². The van der Waals surface area contributed by atoms with Gasteiger partial charge < -0.3 is 5.11 Å². The fourth-order valence-electron chi connectivity index (χ4n) is 2.06. The Kier molecular flexibility index (Phi) is 2.58. The quantitative estimate of drug-likeness (QED) is 0.618. The molecular formula is C10H20O. The molecule has 0 aromatic rings. The van der Waals surface area contributed by atoms with E-state index in [1.165, 1.54) is 19.3 Å². The van der Waals surface area contributed by atoms with E-state index in [2.05, 4.69) is 20.8 Å². The summed E-state index contributed by atoms with van der Waals surface area (Å²) in [4.78, 5) is 0. The van der Waals surface area contributed by atoms with Gasteiger partial charge in [0, 0.05) is 6.61 Å². The molecule has 0 aliphatic heterocycles. The third kappa shape index (κ3) is 1.76. The predicted octanol–water partition coefficient (Wildman–Crippen LogP) is 2.44. The summed E-state index contributed by atoms with van der Waals surface area (Å²) in [5.41, 5.74) is 0.215. The molecule has 11 heavy (non-hydrogen) atoms. The molecule has 1 saturated carbocycles. The summed E-state index contributed by atoms with van der Waals surface area (Å²) in [5, 5.41) is 9.21. The van der Waals surface area contributed by atoms with Gasteiger partial charge in [-0.15, -0.1) is 0 Å². The molecular weight excluding hydrogens is 136 g/mol. The van der Waals surface area contributed by atoms with Crippen molar-refractivity contribution < 1.29 is 5.11 Å². The van der Waals surface area contributed by atoms with Crippen molar-refractivity contribution in [1.82, 2.24) is 0 Å². The Morgan fingerprint density at radius 2 is 2.09 bits per heavy atom. The third-order valence-electron chi connectivity index (χ3n) is 3.52. The highest BCUT2D eigenvalue weighted by Crippen LogP contribution is 2.42. The van der Waals surface area contributed by atoms with Crippen molar-refractivity contribution in [2.24, 2.45) is 17.3 Å². The average molecular weight is 156 g/mol. The second kappa shape index (κ2) is 3.14. The summed E-state index contributed by atoms with van der Waals surface area (Å²) in [5.74, 6) is 1.56. The fraction of sp³-hybridized carbons (Fsp3) is 1.00. The van der Waals surface area contributed by atoms with Crippen molar-refractivity contribution in [2.75, 3.05) is 6.61 Å². The van der Waals surface area contributed by atoms with Crippen LogP contribution in [0.2, 0.25) is 0 Å². The zero-order valence-electron chi connectivity index (χ0n) is 7.93. The molecule has 1 N–H and O–H groups in total. The largest absolute Gasteiger partial charge is 0.396 e. The maximum absolute atomic E-state index is 9.21. The highest BCUT2D eigenvalue weighted by molar-refractivity contribution is 4.85. The first-order valence-corrected chi connectivity index (χ1v) is 4.69. The molecule has 1 rings (SSSR count). The number of hydrogen-bond acceptors (Lipinski definition) is 1. The smallest absolute Gasteiger partial charge is 0.0487 e. The van der Waals surface area contributed by atoms with E-state index in [1.807, 2.05) is 0 Å². The van der Waals surface area contributed by atoms with Crippen LogP contribution in [0.25, 0.3) is 0 Å². The standard InChI is InChI=1S/C10H20O/c1-8-4-5-10(3,7-11)9(2)6-8/h8-9,11H,4-7H2,1-3H3/t8-,9-,10-/m0/s1. The zero-order chi connectivity index (χ0) is 8.48. The molecule has 0 bridgehead atoms. The highest BCUT2D eigenvalue weighted by atomic mass is 16.3. The average Bonchev–Trinajstić information content (AvgIpc) is 1.98. The molecule has 0 unspecified atom stereocenters. The number of hydrogen-bond donors (Lipinski definition) is 1. The first-order chi connectivity index (χ1) is 5.08. The van der Waals surface area contributed by atoms with Gasteiger partial charge in [-0.2, -0.15) is 0 Å². The molecule has 0 heterocycles. The van der Waals surface area contributed by atoms with Gasteiger partial charge in [0.15, 0.2) is 0 Å². The second-order valence-corrected chi connectivity index (χ2v) is 4.59. The molecule has 66 valence electrons. The van der Waals surface area contributed by atoms with E-state index in [0.29, 0.717) is 12.5 Å². The molecule has 0 aromatic heterocycles. The molecule has 0 aromatic carbocycles. The Hall–Kier alpha value is -0.0400. The minimum absolute atomic E-state index is 0.215. The van der Waals surface area contributed by atoms with Crippen molar-refractivity contribution in [3.8, 4) is 0 Å². The summed E-state index contributed by atoms with van der Waals surface area (Å²) >= 11 is 0. The normalized spacial score (nSPS) is 45.8. The molecule has 0 spiro atoms. The Balaban J connectivity index is 2.56. The van der Waals surface area contributed by atoms with Crippen LogP contribution >= 0.6 is 0 Å². The third-order valence-corrected chi connectivity index (χ3v) is 3.52. The molecule has 1 fully saturated rings. The van der Waals surface area contributed by atoms with Gasteiger partial charge in [-0.3, -0.25) is 0 Å². The Bertz CT molecular complexity index is 133. The van der Waals surface area contributed by atoms with Crippen LogP contribution < -0.4 is 0 Å². The van der Waals surface area contributed by atoms with Crippen LogP contribution in [0.4, 0.5) is 0 Å². The molecule has 1 aliphatic rings. The molecule has 1 heteroatoms. The fourth-order valence-corrected chi connectivity index (χ4v) is 2.06. The SMILES string of the molecule is C[C@H]1CC[C@@](C)(CO)[C@@H](C)C1. The lowest BCUT2D eigenvalue weighted by Crippen LogP contribution is -2.34. The number of rotatable bonds is 1. The highest BCUT2D eigenvalue weighted by Gasteiger charge is 2.35. The van der Waals surface area contributed by atoms with E-state index in [0.717, 1.165) is 5.92 Å². The van der Waals surface area contributed by atoms with Crippen LogP contribution in [0.3, 0.4) is 0 Å². The van der Waals surface area contributed by atoms with E-state index >= 15 is 0 Å². The minimum Gasteiger partial charge on any atom is -0.396 e. The van der Waals surface area contributed by atoms with Gasteiger partial charge in [-0.1, -0.05) is 27.2 Å². The van der Waals surface area contributed by atoms with Crippen molar-refractivity contribution in [2.45, 2.75) is 40.0 Å². The number of aliphatic hydroxyl groups is 1. The minimum atomic E-state index is 0.215. The van der Waals surface area contributed by atoms with Crippen molar-refractivity contribution in [3.05, 3.63) is 0 Å². The van der Waals surface area contributed by atoms with Gasteiger partial charge in [0.25, 0.3) is 0 Å².